The monoisotopic (exact) mass is 334 g/mol. The standard InChI is InChI=1S/C18H20ClFN2O/c1-12-6-7-13(15(19)10-12)11-22-17(23)18(20)8-2-5-16-14(18)4-3-9-21-16/h4,6-7,10H,2-3,5,8-9,11H2,1H3,(H,22,23)/t18-/m0/s1. The summed E-state index contributed by atoms with van der Waals surface area (Å²) >= 11 is 6.17. The van der Waals surface area contributed by atoms with E-state index in [4.69, 9.17) is 11.6 Å². The third-order valence-electron chi connectivity index (χ3n) is 4.46. The Morgan fingerprint density at radius 3 is 3.09 bits per heavy atom. The summed E-state index contributed by atoms with van der Waals surface area (Å²) in [5, 5.41) is 3.29. The lowest BCUT2D eigenvalue weighted by Gasteiger charge is -2.33. The van der Waals surface area contributed by atoms with Gasteiger partial charge >= 0.3 is 0 Å². The van der Waals surface area contributed by atoms with Gasteiger partial charge in [0.15, 0.2) is 0 Å². The number of carbonyl (C=O) groups is 1. The highest BCUT2D eigenvalue weighted by Gasteiger charge is 2.46. The van der Waals surface area contributed by atoms with Gasteiger partial charge < -0.3 is 5.32 Å². The highest BCUT2D eigenvalue weighted by atomic mass is 35.5. The van der Waals surface area contributed by atoms with Crippen LogP contribution in [0.3, 0.4) is 0 Å². The Bertz CT molecular complexity index is 698. The van der Waals surface area contributed by atoms with Crippen molar-refractivity contribution >= 4 is 23.2 Å². The fourth-order valence-corrected chi connectivity index (χ4v) is 3.50. The van der Waals surface area contributed by atoms with E-state index in [9.17, 15) is 4.79 Å². The van der Waals surface area contributed by atoms with Crippen molar-refractivity contribution in [1.29, 1.82) is 0 Å². The molecule has 3 nitrogen and oxygen atoms in total. The van der Waals surface area contributed by atoms with E-state index in [2.05, 4.69) is 10.3 Å². The zero-order valence-electron chi connectivity index (χ0n) is 13.2. The van der Waals surface area contributed by atoms with Crippen molar-refractivity contribution in [3.63, 3.8) is 0 Å². The van der Waals surface area contributed by atoms with E-state index in [1.54, 1.807) is 0 Å². The van der Waals surface area contributed by atoms with Crippen LogP contribution in [0.2, 0.25) is 5.02 Å². The third kappa shape index (κ3) is 3.18. The molecule has 1 N–H and O–H groups in total. The van der Waals surface area contributed by atoms with E-state index < -0.39 is 11.6 Å². The minimum Gasteiger partial charge on any atom is -0.349 e. The summed E-state index contributed by atoms with van der Waals surface area (Å²) in [7, 11) is 0. The SMILES string of the molecule is Cc1ccc(CNC(=O)[C@]2(F)CCCC3=NCCC=C32)c(Cl)c1. The maximum atomic E-state index is 15.4. The summed E-state index contributed by atoms with van der Waals surface area (Å²) in [6, 6.07) is 5.62. The Kier molecular flexibility index (Phi) is 4.53. The smallest absolute Gasteiger partial charge is 0.262 e. The van der Waals surface area contributed by atoms with Gasteiger partial charge in [-0.3, -0.25) is 9.79 Å². The molecule has 1 aromatic rings. The lowest BCUT2D eigenvalue weighted by molar-refractivity contribution is -0.131. The van der Waals surface area contributed by atoms with E-state index in [1.165, 1.54) is 0 Å². The largest absolute Gasteiger partial charge is 0.349 e. The van der Waals surface area contributed by atoms with Crippen molar-refractivity contribution in [3.05, 3.63) is 46.0 Å². The second-order valence-corrected chi connectivity index (χ2v) is 6.57. The summed E-state index contributed by atoms with van der Waals surface area (Å²) in [5.41, 5.74) is 1.11. The molecule has 0 bridgehead atoms. The zero-order chi connectivity index (χ0) is 16.4. The fraction of sp³-hybridized carbons (Fsp3) is 0.444. The number of benzene rings is 1. The normalized spacial score (nSPS) is 23.6. The second kappa shape index (κ2) is 6.44. The number of aliphatic imine (C=N–C) groups is 1. The maximum absolute atomic E-state index is 15.4. The Labute approximate surface area is 140 Å². The molecule has 23 heavy (non-hydrogen) atoms. The number of fused-ring (bicyclic) bond motifs is 1. The first-order valence-corrected chi connectivity index (χ1v) is 8.35. The molecule has 1 fully saturated rings. The Morgan fingerprint density at radius 1 is 1.48 bits per heavy atom. The van der Waals surface area contributed by atoms with Crippen molar-refractivity contribution in [2.24, 2.45) is 4.99 Å². The van der Waals surface area contributed by atoms with Crippen molar-refractivity contribution in [2.75, 3.05) is 6.54 Å². The molecule has 1 aromatic carbocycles. The van der Waals surface area contributed by atoms with Gasteiger partial charge in [-0.25, -0.2) is 4.39 Å². The first-order chi connectivity index (χ1) is 11.0. The van der Waals surface area contributed by atoms with E-state index in [1.807, 2.05) is 31.2 Å². The minimum atomic E-state index is -1.96. The number of dihydropyridines is 1. The van der Waals surface area contributed by atoms with Gasteiger partial charge in [0.2, 0.25) is 5.67 Å². The van der Waals surface area contributed by atoms with Gasteiger partial charge in [0, 0.05) is 29.4 Å². The van der Waals surface area contributed by atoms with Crippen LogP contribution < -0.4 is 5.32 Å². The number of alkyl halides is 1. The lowest BCUT2D eigenvalue weighted by atomic mass is 9.78. The van der Waals surface area contributed by atoms with Crippen LogP contribution in [-0.2, 0) is 11.3 Å². The molecule has 0 unspecified atom stereocenters. The summed E-state index contributed by atoms with van der Waals surface area (Å²) in [6.45, 7) is 2.86. The molecule has 0 saturated heterocycles. The topological polar surface area (TPSA) is 41.5 Å². The highest BCUT2D eigenvalue weighted by molar-refractivity contribution is 6.31. The Hall–Kier alpha value is -1.68. The van der Waals surface area contributed by atoms with Crippen LogP contribution in [0, 0.1) is 6.92 Å². The first kappa shape index (κ1) is 16.2. The zero-order valence-corrected chi connectivity index (χ0v) is 13.9. The first-order valence-electron chi connectivity index (χ1n) is 7.97. The van der Waals surface area contributed by atoms with Crippen LogP contribution in [0.25, 0.3) is 0 Å². The van der Waals surface area contributed by atoms with Gasteiger partial charge in [0.25, 0.3) is 5.91 Å². The average molecular weight is 335 g/mol. The number of rotatable bonds is 3. The molecule has 1 aliphatic heterocycles. The van der Waals surface area contributed by atoms with Crippen molar-refractivity contribution in [2.45, 2.75) is 44.8 Å². The molecule has 122 valence electrons. The van der Waals surface area contributed by atoms with Gasteiger partial charge in [0.1, 0.15) is 0 Å². The van der Waals surface area contributed by atoms with E-state index in [0.717, 1.165) is 23.3 Å². The quantitative estimate of drug-likeness (QED) is 0.894. The number of amides is 1. The van der Waals surface area contributed by atoms with Gasteiger partial charge in [-0.2, -0.15) is 0 Å². The minimum absolute atomic E-state index is 0.214. The van der Waals surface area contributed by atoms with E-state index in [-0.39, 0.29) is 13.0 Å². The highest BCUT2D eigenvalue weighted by Crippen LogP contribution is 2.37. The van der Waals surface area contributed by atoms with Gasteiger partial charge in [-0.15, -0.1) is 0 Å². The number of nitrogens with one attached hydrogen (secondary N) is 1. The van der Waals surface area contributed by atoms with Crippen LogP contribution in [0.5, 0.6) is 0 Å². The van der Waals surface area contributed by atoms with Crippen LogP contribution in [-0.4, -0.2) is 23.8 Å². The molecule has 2 aliphatic rings. The summed E-state index contributed by atoms with van der Waals surface area (Å²) in [5.74, 6) is -0.588. The second-order valence-electron chi connectivity index (χ2n) is 6.17. The lowest BCUT2D eigenvalue weighted by Crippen LogP contribution is -2.48. The fourth-order valence-electron chi connectivity index (χ4n) is 3.20. The van der Waals surface area contributed by atoms with E-state index in [0.29, 0.717) is 30.0 Å². The number of carbonyl (C=O) groups excluding carboxylic acids is 1. The van der Waals surface area contributed by atoms with E-state index >= 15 is 4.39 Å². The molecule has 1 saturated carbocycles. The van der Waals surface area contributed by atoms with Gasteiger partial charge in [-0.1, -0.05) is 29.8 Å². The molecule has 0 spiro atoms. The molecule has 1 atom stereocenters. The summed E-state index contributed by atoms with van der Waals surface area (Å²) < 4.78 is 15.4. The molecule has 0 radical (unpaired) electrons. The number of halogens is 2. The van der Waals surface area contributed by atoms with Crippen molar-refractivity contribution in [1.82, 2.24) is 5.32 Å². The molecule has 1 heterocycles. The van der Waals surface area contributed by atoms with Crippen LogP contribution in [0.4, 0.5) is 4.39 Å². The van der Waals surface area contributed by atoms with Crippen molar-refractivity contribution < 1.29 is 9.18 Å². The Morgan fingerprint density at radius 2 is 2.30 bits per heavy atom. The Balaban J connectivity index is 1.74. The van der Waals surface area contributed by atoms with Gasteiger partial charge in [0.05, 0.1) is 0 Å². The molecule has 5 heteroatoms. The number of aryl methyl sites for hydroxylation is 1. The molecular weight excluding hydrogens is 315 g/mol. The summed E-state index contributed by atoms with van der Waals surface area (Å²) in [4.78, 5) is 16.9. The summed E-state index contributed by atoms with van der Waals surface area (Å²) in [6.07, 6.45) is 4.15. The number of hydrogen-bond acceptors (Lipinski definition) is 2. The predicted octanol–water partition coefficient (Wildman–Crippen LogP) is 3.93. The van der Waals surface area contributed by atoms with Crippen LogP contribution in [0.1, 0.15) is 36.8 Å². The van der Waals surface area contributed by atoms with Crippen molar-refractivity contribution in [3.8, 4) is 0 Å². The molecule has 1 amide bonds. The number of nitrogens with zero attached hydrogens (tertiary/aromatic N) is 1. The molecular formula is C18H20ClFN2O. The van der Waals surface area contributed by atoms with Gasteiger partial charge in [-0.05, 0) is 49.8 Å². The van der Waals surface area contributed by atoms with Crippen LogP contribution in [0.15, 0.2) is 34.8 Å². The average Bonchev–Trinajstić information content (AvgIpc) is 2.54. The number of hydrogen-bond donors (Lipinski definition) is 1. The predicted molar refractivity (Wildman–Crippen MR) is 90.7 cm³/mol. The molecule has 0 aromatic heterocycles. The third-order valence-corrected chi connectivity index (χ3v) is 4.81. The van der Waals surface area contributed by atoms with Crippen LogP contribution >= 0.6 is 11.6 Å². The maximum Gasteiger partial charge on any atom is 0.262 e. The molecule has 1 aliphatic carbocycles. The molecule has 3 rings (SSSR count).